The highest BCUT2D eigenvalue weighted by Gasteiger charge is 2.42. The zero-order valence-corrected chi connectivity index (χ0v) is 18.4. The topological polar surface area (TPSA) is 41.9 Å². The molecule has 0 saturated heterocycles. The first-order valence-corrected chi connectivity index (χ1v) is 9.93. The van der Waals surface area contributed by atoms with Gasteiger partial charge in [0.05, 0.1) is 24.6 Å². The van der Waals surface area contributed by atoms with Crippen LogP contribution in [0.15, 0.2) is 51.9 Å². The van der Waals surface area contributed by atoms with E-state index in [1.54, 1.807) is 24.8 Å². The smallest absolute Gasteiger partial charge is 0.331 e. The molecule has 1 aliphatic heterocycles. The lowest BCUT2D eigenvalue weighted by Gasteiger charge is -2.39. The van der Waals surface area contributed by atoms with Gasteiger partial charge >= 0.3 is 5.97 Å². The summed E-state index contributed by atoms with van der Waals surface area (Å²) in [6.45, 7) is 5.39. The lowest BCUT2D eigenvalue weighted by molar-refractivity contribution is -0.145. The van der Waals surface area contributed by atoms with Crippen molar-refractivity contribution in [3.05, 3.63) is 63.9 Å². The molecule has 1 unspecified atom stereocenters. The van der Waals surface area contributed by atoms with Gasteiger partial charge < -0.3 is 9.64 Å². The van der Waals surface area contributed by atoms with Crippen molar-refractivity contribution in [2.24, 2.45) is 4.99 Å². The van der Waals surface area contributed by atoms with E-state index >= 15 is 0 Å². The van der Waals surface area contributed by atoms with Crippen LogP contribution in [0.5, 0.6) is 0 Å². The van der Waals surface area contributed by atoms with E-state index in [9.17, 15) is 9.18 Å². The largest absolute Gasteiger partial charge is 0.467 e. The van der Waals surface area contributed by atoms with Gasteiger partial charge in [0.2, 0.25) is 0 Å². The third-order valence-electron chi connectivity index (χ3n) is 4.70. The van der Waals surface area contributed by atoms with Gasteiger partial charge in [0, 0.05) is 15.6 Å². The summed E-state index contributed by atoms with van der Waals surface area (Å²) in [7, 11) is 1.35. The maximum Gasteiger partial charge on any atom is 0.331 e. The van der Waals surface area contributed by atoms with Crippen molar-refractivity contribution >= 4 is 50.5 Å². The highest BCUT2D eigenvalue weighted by molar-refractivity contribution is 9.10. The number of anilines is 1. The van der Waals surface area contributed by atoms with Gasteiger partial charge in [-0.1, -0.05) is 40.3 Å². The fraction of sp³-hybridized carbons (Fsp3) is 0.286. The van der Waals surface area contributed by atoms with Crippen LogP contribution in [-0.2, 0) is 9.53 Å². The van der Waals surface area contributed by atoms with E-state index in [-0.39, 0.29) is 5.82 Å². The first-order valence-electron chi connectivity index (χ1n) is 8.73. The SMILES string of the molecule is COC(=O)C(C)(C)N1C(=S)C(C)N=C(c2cccc(F)c2)c2cc(Br)ccc21. The number of nitrogens with zero attached hydrogens (tertiary/aromatic N) is 2. The summed E-state index contributed by atoms with van der Waals surface area (Å²) in [6, 6.07) is 11.6. The minimum absolute atomic E-state index is 0.344. The molecule has 2 aromatic carbocycles. The Labute approximate surface area is 177 Å². The van der Waals surface area contributed by atoms with Crippen molar-refractivity contribution in [3.8, 4) is 0 Å². The number of hydrogen-bond acceptors (Lipinski definition) is 4. The number of aliphatic imine (C=N–C) groups is 1. The number of fused-ring (bicyclic) bond motifs is 1. The number of hydrogen-bond donors (Lipinski definition) is 0. The molecule has 1 atom stereocenters. The number of methoxy groups -OCH3 is 1. The maximum atomic E-state index is 13.9. The summed E-state index contributed by atoms with van der Waals surface area (Å²) in [5.74, 6) is -0.756. The summed E-state index contributed by atoms with van der Waals surface area (Å²) in [4.78, 5) is 19.6. The van der Waals surface area contributed by atoms with Gasteiger partial charge in [-0.05, 0) is 51.1 Å². The van der Waals surface area contributed by atoms with Gasteiger partial charge in [-0.15, -0.1) is 0 Å². The van der Waals surface area contributed by atoms with Crippen LogP contribution in [0.25, 0.3) is 0 Å². The first-order chi connectivity index (χ1) is 13.2. The number of benzene rings is 2. The maximum absolute atomic E-state index is 13.9. The van der Waals surface area contributed by atoms with Crippen molar-refractivity contribution in [2.75, 3.05) is 12.0 Å². The minimum Gasteiger partial charge on any atom is -0.467 e. The quantitative estimate of drug-likeness (QED) is 0.479. The van der Waals surface area contributed by atoms with Crippen molar-refractivity contribution < 1.29 is 13.9 Å². The normalized spacial score (nSPS) is 16.9. The van der Waals surface area contributed by atoms with Gasteiger partial charge in [0.1, 0.15) is 16.3 Å². The van der Waals surface area contributed by atoms with Gasteiger partial charge in [-0.3, -0.25) is 4.99 Å². The van der Waals surface area contributed by atoms with E-state index in [1.807, 2.05) is 31.2 Å². The molecule has 0 N–H and O–H groups in total. The van der Waals surface area contributed by atoms with Gasteiger partial charge in [-0.25, -0.2) is 9.18 Å². The van der Waals surface area contributed by atoms with Gasteiger partial charge in [-0.2, -0.15) is 0 Å². The van der Waals surface area contributed by atoms with E-state index in [0.717, 1.165) is 15.7 Å². The molecule has 0 amide bonds. The fourth-order valence-electron chi connectivity index (χ4n) is 3.30. The average molecular weight is 463 g/mol. The van der Waals surface area contributed by atoms with Gasteiger partial charge in [0.25, 0.3) is 0 Å². The van der Waals surface area contributed by atoms with Crippen LogP contribution < -0.4 is 4.90 Å². The molecule has 0 bridgehead atoms. The van der Waals surface area contributed by atoms with E-state index in [1.165, 1.54) is 19.2 Å². The molecule has 146 valence electrons. The standard InChI is InChI=1S/C21H20BrFN2O2S/c1-12-19(28)25(21(2,3)20(26)27-4)17-9-8-14(22)11-16(17)18(24-12)13-6-5-7-15(23)10-13/h5-12H,1-4H3. The Morgan fingerprint density at radius 2 is 2.00 bits per heavy atom. The number of ether oxygens (including phenoxy) is 1. The zero-order valence-electron chi connectivity index (χ0n) is 16.0. The average Bonchev–Trinajstić information content (AvgIpc) is 2.76. The van der Waals surface area contributed by atoms with Crippen LogP contribution in [0, 0.1) is 5.82 Å². The summed E-state index contributed by atoms with van der Waals surface area (Å²) in [6.07, 6.45) is 0. The van der Waals surface area contributed by atoms with E-state index in [2.05, 4.69) is 15.9 Å². The van der Waals surface area contributed by atoms with Crippen LogP contribution in [0.2, 0.25) is 0 Å². The van der Waals surface area contributed by atoms with Crippen LogP contribution >= 0.6 is 28.1 Å². The summed E-state index contributed by atoms with van der Waals surface area (Å²) in [5.41, 5.74) is 1.69. The fourth-order valence-corrected chi connectivity index (χ4v) is 4.04. The molecular formula is C21H20BrFN2O2S. The predicted octanol–water partition coefficient (Wildman–Crippen LogP) is 4.91. The van der Waals surface area contributed by atoms with E-state index in [4.69, 9.17) is 21.9 Å². The first kappa shape index (κ1) is 20.6. The molecule has 1 heterocycles. The lowest BCUT2D eigenvalue weighted by Crippen LogP contribution is -2.55. The molecule has 0 aromatic heterocycles. The third kappa shape index (κ3) is 3.61. The molecule has 0 radical (unpaired) electrons. The Balaban J connectivity index is 2.30. The van der Waals surface area contributed by atoms with Crippen molar-refractivity contribution in [1.82, 2.24) is 0 Å². The second-order valence-corrected chi connectivity index (χ2v) is 8.38. The number of carbonyl (C=O) groups excluding carboxylic acids is 1. The lowest BCUT2D eigenvalue weighted by atomic mass is 9.96. The van der Waals surface area contributed by atoms with Crippen molar-refractivity contribution in [3.63, 3.8) is 0 Å². The molecule has 2 aromatic rings. The highest BCUT2D eigenvalue weighted by Crippen LogP contribution is 2.36. The minimum atomic E-state index is -1.05. The number of rotatable bonds is 3. The molecule has 1 aliphatic rings. The number of benzodiazepines with no additional fused rings is 1. The molecule has 0 aliphatic carbocycles. The Morgan fingerprint density at radius 3 is 2.64 bits per heavy atom. The van der Waals surface area contributed by atoms with Crippen molar-refractivity contribution in [1.29, 1.82) is 0 Å². The van der Waals surface area contributed by atoms with Crippen LogP contribution in [-0.4, -0.2) is 35.4 Å². The monoisotopic (exact) mass is 462 g/mol. The number of esters is 1. The van der Waals surface area contributed by atoms with E-state index in [0.29, 0.717) is 16.3 Å². The predicted molar refractivity (Wildman–Crippen MR) is 117 cm³/mol. The van der Waals surface area contributed by atoms with Crippen LogP contribution in [0.3, 0.4) is 0 Å². The van der Waals surface area contributed by atoms with Crippen LogP contribution in [0.1, 0.15) is 31.9 Å². The second kappa shape index (κ2) is 7.72. The molecule has 28 heavy (non-hydrogen) atoms. The van der Waals surface area contributed by atoms with Gasteiger partial charge in [0.15, 0.2) is 0 Å². The zero-order chi connectivity index (χ0) is 20.6. The Kier molecular flexibility index (Phi) is 5.68. The molecule has 7 heteroatoms. The second-order valence-electron chi connectivity index (χ2n) is 7.05. The number of thiocarbonyl (C=S) groups is 1. The highest BCUT2D eigenvalue weighted by atomic mass is 79.9. The molecule has 3 rings (SSSR count). The Bertz CT molecular complexity index is 990. The molecule has 0 saturated carbocycles. The van der Waals surface area contributed by atoms with E-state index < -0.39 is 17.6 Å². The summed E-state index contributed by atoms with van der Waals surface area (Å²) in [5, 5.41) is 0. The Morgan fingerprint density at radius 1 is 1.29 bits per heavy atom. The molecule has 4 nitrogen and oxygen atoms in total. The third-order valence-corrected chi connectivity index (χ3v) is 5.71. The molecule has 0 spiro atoms. The number of carbonyl (C=O) groups is 1. The number of halogens is 2. The molecule has 0 fully saturated rings. The van der Waals surface area contributed by atoms with Crippen molar-refractivity contribution in [2.45, 2.75) is 32.4 Å². The summed E-state index contributed by atoms with van der Waals surface area (Å²) < 4.78 is 19.8. The van der Waals surface area contributed by atoms with Crippen LogP contribution in [0.4, 0.5) is 10.1 Å². The summed E-state index contributed by atoms with van der Waals surface area (Å²) >= 11 is 9.22. The Hall–Kier alpha value is -2.12. The molecular weight excluding hydrogens is 443 g/mol.